The lowest BCUT2D eigenvalue weighted by atomic mass is 10.1. The summed E-state index contributed by atoms with van der Waals surface area (Å²) in [5.41, 5.74) is 2.38. The third-order valence-electron chi connectivity index (χ3n) is 1.98. The molecule has 0 aliphatic carbocycles. The van der Waals surface area contributed by atoms with Gasteiger partial charge in [0.05, 0.1) is 0 Å². The molecule has 16 heavy (non-hydrogen) atoms. The van der Waals surface area contributed by atoms with Crippen LogP contribution in [0, 0.1) is 0 Å². The minimum Gasteiger partial charge on any atom is -0.324 e. The van der Waals surface area contributed by atoms with Gasteiger partial charge in [-0.25, -0.2) is 0 Å². The Morgan fingerprint density at radius 2 is 1.75 bits per heavy atom. The van der Waals surface area contributed by atoms with Crippen LogP contribution in [0.1, 0.15) is 24.9 Å². The first kappa shape index (κ1) is 15.6. The molecule has 1 rings (SSSR count). The first-order valence-electron chi connectivity index (χ1n) is 4.53. The highest BCUT2D eigenvalue weighted by molar-refractivity contribution is 8.00. The van der Waals surface area contributed by atoms with Crippen LogP contribution >= 0.6 is 24.2 Å². The topological polar surface area (TPSA) is 26.0 Å². The van der Waals surface area contributed by atoms with E-state index >= 15 is 0 Å². The number of thioether (sulfide) groups is 1. The summed E-state index contributed by atoms with van der Waals surface area (Å²) in [6.45, 7) is 1.93. The standard InChI is InChI=1S/C10H12F3NS.ClH/c1-2-9(14)7-3-5-8(6-4-7)15-10(11,12)13;/h3-6,9H,2,14H2,1H3;1H/t9-;/m0./s1. The highest BCUT2D eigenvalue weighted by Gasteiger charge is 2.29. The van der Waals surface area contributed by atoms with E-state index in [1.54, 1.807) is 12.1 Å². The van der Waals surface area contributed by atoms with Gasteiger partial charge >= 0.3 is 5.51 Å². The lowest BCUT2D eigenvalue weighted by Crippen LogP contribution is -2.08. The van der Waals surface area contributed by atoms with Gasteiger partial charge in [0.15, 0.2) is 0 Å². The molecule has 0 radical (unpaired) electrons. The maximum Gasteiger partial charge on any atom is 0.446 e. The lowest BCUT2D eigenvalue weighted by molar-refractivity contribution is -0.0328. The number of hydrogen-bond acceptors (Lipinski definition) is 2. The molecule has 92 valence electrons. The zero-order valence-corrected chi connectivity index (χ0v) is 10.3. The Kier molecular flexibility index (Phi) is 6.22. The van der Waals surface area contributed by atoms with Crippen molar-refractivity contribution in [3.05, 3.63) is 29.8 Å². The summed E-state index contributed by atoms with van der Waals surface area (Å²) in [5, 5.41) is 0. The summed E-state index contributed by atoms with van der Waals surface area (Å²) in [6.07, 6.45) is 0.770. The van der Waals surface area contributed by atoms with Gasteiger partial charge in [0.2, 0.25) is 0 Å². The molecule has 0 fully saturated rings. The van der Waals surface area contributed by atoms with Crippen molar-refractivity contribution >= 4 is 24.2 Å². The summed E-state index contributed by atoms with van der Waals surface area (Å²) in [7, 11) is 0. The van der Waals surface area contributed by atoms with Crippen LogP contribution in [0.2, 0.25) is 0 Å². The molecule has 0 unspecified atom stereocenters. The van der Waals surface area contributed by atoms with Crippen molar-refractivity contribution in [1.29, 1.82) is 0 Å². The molecule has 6 heteroatoms. The van der Waals surface area contributed by atoms with Gasteiger partial charge in [-0.2, -0.15) is 13.2 Å². The van der Waals surface area contributed by atoms with Crippen molar-refractivity contribution in [3.8, 4) is 0 Å². The zero-order chi connectivity index (χ0) is 11.5. The smallest absolute Gasteiger partial charge is 0.324 e. The highest BCUT2D eigenvalue weighted by Crippen LogP contribution is 2.36. The molecule has 0 amide bonds. The third kappa shape index (κ3) is 5.09. The van der Waals surface area contributed by atoms with Crippen LogP contribution < -0.4 is 5.73 Å². The predicted molar refractivity (Wildman–Crippen MR) is 62.8 cm³/mol. The van der Waals surface area contributed by atoms with Crippen molar-refractivity contribution in [2.75, 3.05) is 0 Å². The van der Waals surface area contributed by atoms with Crippen LogP contribution in [0.3, 0.4) is 0 Å². The molecule has 0 saturated heterocycles. The third-order valence-corrected chi connectivity index (χ3v) is 2.72. The van der Waals surface area contributed by atoms with E-state index in [0.29, 0.717) is 0 Å². The largest absolute Gasteiger partial charge is 0.446 e. The van der Waals surface area contributed by atoms with Crippen LogP contribution in [-0.2, 0) is 0 Å². The number of benzene rings is 1. The number of nitrogens with two attached hydrogens (primary N) is 1. The molecule has 0 aliphatic heterocycles. The van der Waals surface area contributed by atoms with Gasteiger partial charge in [-0.1, -0.05) is 19.1 Å². The van der Waals surface area contributed by atoms with E-state index in [1.807, 2.05) is 6.92 Å². The molecule has 0 saturated carbocycles. The fraction of sp³-hybridized carbons (Fsp3) is 0.400. The van der Waals surface area contributed by atoms with Gasteiger partial charge < -0.3 is 5.73 Å². The molecule has 1 aromatic rings. The summed E-state index contributed by atoms with van der Waals surface area (Å²) >= 11 is -0.112. The Balaban J connectivity index is 0.00000225. The molecule has 0 aliphatic rings. The number of rotatable bonds is 3. The predicted octanol–water partition coefficient (Wildman–Crippen LogP) is 4.13. The van der Waals surface area contributed by atoms with Gasteiger partial charge in [-0.15, -0.1) is 12.4 Å². The van der Waals surface area contributed by atoms with Gasteiger partial charge in [0.25, 0.3) is 0 Å². The fourth-order valence-electron chi connectivity index (χ4n) is 1.15. The zero-order valence-electron chi connectivity index (χ0n) is 8.62. The number of halogens is 4. The van der Waals surface area contributed by atoms with Crippen LogP contribution in [0.15, 0.2) is 29.2 Å². The first-order chi connectivity index (χ1) is 6.92. The van der Waals surface area contributed by atoms with E-state index in [4.69, 9.17) is 5.73 Å². The number of hydrogen-bond donors (Lipinski definition) is 1. The fourth-order valence-corrected chi connectivity index (χ4v) is 1.69. The van der Waals surface area contributed by atoms with Gasteiger partial charge in [-0.3, -0.25) is 0 Å². The van der Waals surface area contributed by atoms with Crippen molar-refractivity contribution in [2.24, 2.45) is 5.73 Å². The van der Waals surface area contributed by atoms with E-state index in [0.717, 1.165) is 12.0 Å². The summed E-state index contributed by atoms with van der Waals surface area (Å²) < 4.78 is 36.0. The summed E-state index contributed by atoms with van der Waals surface area (Å²) in [4.78, 5) is 0.189. The molecule has 0 bridgehead atoms. The molecular formula is C10H13ClF3NS. The molecule has 0 spiro atoms. The van der Waals surface area contributed by atoms with E-state index in [-0.39, 0.29) is 35.1 Å². The molecule has 1 atom stereocenters. The highest BCUT2D eigenvalue weighted by atomic mass is 35.5. The van der Waals surface area contributed by atoms with Crippen LogP contribution in [-0.4, -0.2) is 5.51 Å². The lowest BCUT2D eigenvalue weighted by Gasteiger charge is -2.10. The first-order valence-corrected chi connectivity index (χ1v) is 5.35. The second kappa shape index (κ2) is 6.37. The van der Waals surface area contributed by atoms with E-state index < -0.39 is 5.51 Å². The number of alkyl halides is 3. The molecule has 1 nitrogen and oxygen atoms in total. The average Bonchev–Trinajstić information content (AvgIpc) is 2.15. The van der Waals surface area contributed by atoms with Crippen LogP contribution in [0.4, 0.5) is 13.2 Å². The Morgan fingerprint density at radius 1 is 1.25 bits per heavy atom. The minimum atomic E-state index is -4.23. The van der Waals surface area contributed by atoms with E-state index in [1.165, 1.54) is 12.1 Å². The molecule has 1 aromatic carbocycles. The second-order valence-corrected chi connectivity index (χ2v) is 4.27. The van der Waals surface area contributed by atoms with Crippen molar-refractivity contribution in [2.45, 2.75) is 29.8 Å². The Bertz CT molecular complexity index is 313. The normalized spacial score (nSPS) is 13.1. The Hall–Kier alpha value is -0.390. The van der Waals surface area contributed by atoms with Crippen molar-refractivity contribution in [1.82, 2.24) is 0 Å². The molecule has 2 N–H and O–H groups in total. The maximum absolute atomic E-state index is 12.0. The van der Waals surface area contributed by atoms with E-state index in [9.17, 15) is 13.2 Å². The summed E-state index contributed by atoms with van der Waals surface area (Å²) in [5.74, 6) is 0. The minimum absolute atomic E-state index is 0. The maximum atomic E-state index is 12.0. The molecular weight excluding hydrogens is 259 g/mol. The molecule has 0 heterocycles. The van der Waals surface area contributed by atoms with Crippen LogP contribution in [0.25, 0.3) is 0 Å². The van der Waals surface area contributed by atoms with Crippen molar-refractivity contribution < 1.29 is 13.2 Å². The van der Waals surface area contributed by atoms with Crippen molar-refractivity contribution in [3.63, 3.8) is 0 Å². The monoisotopic (exact) mass is 271 g/mol. The summed E-state index contributed by atoms with van der Waals surface area (Å²) in [6, 6.07) is 6.08. The quantitative estimate of drug-likeness (QED) is 0.837. The van der Waals surface area contributed by atoms with Gasteiger partial charge in [-0.05, 0) is 35.9 Å². The second-order valence-electron chi connectivity index (χ2n) is 3.13. The average molecular weight is 272 g/mol. The molecule has 0 aromatic heterocycles. The van der Waals surface area contributed by atoms with Gasteiger partial charge in [0, 0.05) is 10.9 Å². The SMILES string of the molecule is CC[C@H](N)c1ccc(SC(F)(F)F)cc1.Cl. The Labute approximate surface area is 103 Å². The Morgan fingerprint density at radius 3 is 2.12 bits per heavy atom. The van der Waals surface area contributed by atoms with Crippen LogP contribution in [0.5, 0.6) is 0 Å². The van der Waals surface area contributed by atoms with E-state index in [2.05, 4.69) is 0 Å². The van der Waals surface area contributed by atoms with Gasteiger partial charge in [0.1, 0.15) is 0 Å².